The molecule has 0 aliphatic rings. The highest BCUT2D eigenvalue weighted by molar-refractivity contribution is 14.1. The number of aromatic nitrogens is 1. The van der Waals surface area contributed by atoms with E-state index >= 15 is 0 Å². The SMILES string of the molecule is N#Cc1nc(C(F)F)c(N)cc1I. The van der Waals surface area contributed by atoms with Gasteiger partial charge in [-0.25, -0.2) is 13.8 Å². The zero-order chi connectivity index (χ0) is 10.0. The summed E-state index contributed by atoms with van der Waals surface area (Å²) in [5.41, 5.74) is 4.65. The lowest BCUT2D eigenvalue weighted by atomic mass is 10.2. The van der Waals surface area contributed by atoms with E-state index in [1.807, 2.05) is 22.6 Å². The lowest BCUT2D eigenvalue weighted by molar-refractivity contribution is 0.147. The van der Waals surface area contributed by atoms with Crippen molar-refractivity contribution in [3.05, 3.63) is 21.0 Å². The fraction of sp³-hybridized carbons (Fsp3) is 0.143. The van der Waals surface area contributed by atoms with E-state index in [1.54, 1.807) is 6.07 Å². The average Bonchev–Trinajstić information content (AvgIpc) is 2.03. The van der Waals surface area contributed by atoms with Crippen LogP contribution >= 0.6 is 22.6 Å². The summed E-state index contributed by atoms with van der Waals surface area (Å²) >= 11 is 1.82. The summed E-state index contributed by atoms with van der Waals surface area (Å²) < 4.78 is 24.9. The second-order valence-corrected chi connectivity index (χ2v) is 3.37. The molecular weight excluding hydrogens is 291 g/mol. The van der Waals surface area contributed by atoms with Gasteiger partial charge in [0.05, 0.1) is 9.26 Å². The van der Waals surface area contributed by atoms with Gasteiger partial charge in [0.2, 0.25) is 0 Å². The van der Waals surface area contributed by atoms with Crippen molar-refractivity contribution in [3.8, 4) is 6.07 Å². The van der Waals surface area contributed by atoms with Crippen LogP contribution in [0.3, 0.4) is 0 Å². The van der Waals surface area contributed by atoms with Gasteiger partial charge in [0.15, 0.2) is 5.69 Å². The maximum Gasteiger partial charge on any atom is 0.282 e. The Bertz CT molecular complexity index is 373. The summed E-state index contributed by atoms with van der Waals surface area (Å²) in [6.45, 7) is 0. The number of pyridine rings is 1. The van der Waals surface area contributed by atoms with Crippen LogP contribution in [-0.4, -0.2) is 4.98 Å². The van der Waals surface area contributed by atoms with E-state index in [0.29, 0.717) is 3.57 Å². The predicted octanol–water partition coefficient (Wildman–Crippen LogP) is 2.08. The van der Waals surface area contributed by atoms with Crippen LogP contribution in [0.5, 0.6) is 0 Å². The molecule has 0 atom stereocenters. The summed E-state index contributed by atoms with van der Waals surface area (Å²) in [6, 6.07) is 3.02. The molecule has 0 aromatic carbocycles. The van der Waals surface area contributed by atoms with Crippen molar-refractivity contribution in [2.45, 2.75) is 6.43 Å². The molecule has 13 heavy (non-hydrogen) atoms. The molecule has 68 valence electrons. The second-order valence-electron chi connectivity index (χ2n) is 2.21. The fourth-order valence-corrected chi connectivity index (χ4v) is 1.35. The van der Waals surface area contributed by atoms with Crippen LogP contribution in [0.1, 0.15) is 17.8 Å². The number of alkyl halides is 2. The fourth-order valence-electron chi connectivity index (χ4n) is 0.770. The molecule has 6 heteroatoms. The zero-order valence-electron chi connectivity index (χ0n) is 6.26. The Hall–Kier alpha value is -0.970. The Morgan fingerprint density at radius 3 is 2.69 bits per heavy atom. The van der Waals surface area contributed by atoms with Crippen molar-refractivity contribution < 1.29 is 8.78 Å². The van der Waals surface area contributed by atoms with Crippen molar-refractivity contribution in [2.75, 3.05) is 5.73 Å². The third-order valence-corrected chi connectivity index (χ3v) is 2.17. The number of nitrogens with two attached hydrogens (primary N) is 1. The van der Waals surface area contributed by atoms with Crippen LogP contribution in [0.2, 0.25) is 0 Å². The largest absolute Gasteiger partial charge is 0.397 e. The Labute approximate surface area is 86.7 Å². The van der Waals surface area contributed by atoms with Gasteiger partial charge in [0.1, 0.15) is 11.8 Å². The van der Waals surface area contributed by atoms with Crippen LogP contribution < -0.4 is 5.73 Å². The molecule has 0 bridgehead atoms. The number of hydrogen-bond donors (Lipinski definition) is 1. The predicted molar refractivity (Wildman–Crippen MR) is 51.0 cm³/mol. The summed E-state index contributed by atoms with van der Waals surface area (Å²) in [5, 5.41) is 8.51. The summed E-state index contributed by atoms with van der Waals surface area (Å²) in [7, 11) is 0. The minimum absolute atomic E-state index is 0.0231. The molecule has 0 amide bonds. The highest BCUT2D eigenvalue weighted by atomic mass is 127. The van der Waals surface area contributed by atoms with Crippen LogP contribution in [-0.2, 0) is 0 Å². The van der Waals surface area contributed by atoms with E-state index in [4.69, 9.17) is 11.0 Å². The molecule has 0 radical (unpaired) electrons. The van der Waals surface area contributed by atoms with Gasteiger partial charge in [-0.15, -0.1) is 0 Å². The standard InChI is InChI=1S/C7H4F2IN3/c8-7(9)6-4(12)1-3(10)5(2-11)13-6/h1,7H,12H2. The molecule has 1 aromatic rings. The van der Waals surface area contributed by atoms with E-state index in [-0.39, 0.29) is 11.4 Å². The van der Waals surface area contributed by atoms with Gasteiger partial charge in [-0.1, -0.05) is 0 Å². The van der Waals surface area contributed by atoms with Gasteiger partial charge in [-0.05, 0) is 28.7 Å². The topological polar surface area (TPSA) is 62.7 Å². The highest BCUT2D eigenvalue weighted by Crippen LogP contribution is 2.25. The van der Waals surface area contributed by atoms with Crippen molar-refractivity contribution >= 4 is 28.3 Å². The smallest absolute Gasteiger partial charge is 0.282 e. The number of nitrogens with zero attached hydrogens (tertiary/aromatic N) is 2. The molecule has 0 unspecified atom stereocenters. The van der Waals surface area contributed by atoms with Crippen molar-refractivity contribution in [3.63, 3.8) is 0 Å². The number of anilines is 1. The Morgan fingerprint density at radius 1 is 1.62 bits per heavy atom. The molecule has 0 aliphatic heterocycles. The number of hydrogen-bond acceptors (Lipinski definition) is 3. The van der Waals surface area contributed by atoms with Gasteiger partial charge in [-0.3, -0.25) is 0 Å². The number of halogens is 3. The lowest BCUT2D eigenvalue weighted by Crippen LogP contribution is -2.02. The molecule has 0 fully saturated rings. The van der Waals surface area contributed by atoms with Crippen LogP contribution in [0, 0.1) is 14.9 Å². The first-order chi connectivity index (χ1) is 6.06. The Morgan fingerprint density at radius 2 is 2.23 bits per heavy atom. The van der Waals surface area contributed by atoms with Crippen molar-refractivity contribution in [2.24, 2.45) is 0 Å². The number of rotatable bonds is 1. The lowest BCUT2D eigenvalue weighted by Gasteiger charge is -2.04. The molecule has 1 rings (SSSR count). The quantitative estimate of drug-likeness (QED) is 0.807. The third-order valence-electron chi connectivity index (χ3n) is 1.35. The van der Waals surface area contributed by atoms with E-state index in [1.165, 1.54) is 6.07 Å². The number of nitrogen functional groups attached to an aromatic ring is 1. The minimum atomic E-state index is -2.75. The normalized spacial score (nSPS) is 10.1. The Balaban J connectivity index is 3.33. The van der Waals surface area contributed by atoms with Crippen LogP contribution in [0.15, 0.2) is 6.07 Å². The molecule has 2 N–H and O–H groups in total. The van der Waals surface area contributed by atoms with Crippen LogP contribution in [0.4, 0.5) is 14.5 Å². The summed E-state index contributed by atoms with van der Waals surface area (Å²) in [6.07, 6.45) is -2.75. The first-order valence-corrected chi connectivity index (χ1v) is 4.28. The molecule has 1 heterocycles. The van der Waals surface area contributed by atoms with Crippen molar-refractivity contribution in [1.29, 1.82) is 5.26 Å². The van der Waals surface area contributed by atoms with Gasteiger partial charge >= 0.3 is 0 Å². The van der Waals surface area contributed by atoms with Gasteiger partial charge in [0.25, 0.3) is 6.43 Å². The first-order valence-electron chi connectivity index (χ1n) is 3.20. The van der Waals surface area contributed by atoms with Gasteiger partial charge < -0.3 is 5.73 Å². The van der Waals surface area contributed by atoms with Gasteiger partial charge in [-0.2, -0.15) is 5.26 Å². The van der Waals surface area contributed by atoms with Gasteiger partial charge in [0, 0.05) is 0 Å². The maximum absolute atomic E-state index is 12.2. The summed E-state index contributed by atoms with van der Waals surface area (Å²) in [5.74, 6) is 0. The third kappa shape index (κ3) is 2.03. The monoisotopic (exact) mass is 295 g/mol. The number of nitriles is 1. The molecule has 0 saturated heterocycles. The zero-order valence-corrected chi connectivity index (χ0v) is 8.42. The molecular formula is C7H4F2IN3. The molecule has 0 saturated carbocycles. The average molecular weight is 295 g/mol. The molecule has 3 nitrogen and oxygen atoms in total. The van der Waals surface area contributed by atoms with E-state index in [9.17, 15) is 8.78 Å². The minimum Gasteiger partial charge on any atom is -0.397 e. The summed E-state index contributed by atoms with van der Waals surface area (Å²) in [4.78, 5) is 3.45. The molecule has 1 aromatic heterocycles. The maximum atomic E-state index is 12.2. The van der Waals surface area contributed by atoms with E-state index in [2.05, 4.69) is 4.98 Å². The van der Waals surface area contributed by atoms with E-state index in [0.717, 1.165) is 0 Å². The van der Waals surface area contributed by atoms with E-state index < -0.39 is 12.1 Å². The van der Waals surface area contributed by atoms with Crippen molar-refractivity contribution in [1.82, 2.24) is 4.98 Å². The second kappa shape index (κ2) is 3.83. The van der Waals surface area contributed by atoms with Crippen LogP contribution in [0.25, 0.3) is 0 Å². The highest BCUT2D eigenvalue weighted by Gasteiger charge is 2.15. The first kappa shape index (κ1) is 10.1. The molecule has 0 spiro atoms. The Kier molecular flexibility index (Phi) is 2.98. The molecule has 0 aliphatic carbocycles.